The number of rotatable bonds is 7. The van der Waals surface area contributed by atoms with Crippen LogP contribution in [0.1, 0.15) is 49.9 Å². The summed E-state index contributed by atoms with van der Waals surface area (Å²) in [6.07, 6.45) is -1.93. The van der Waals surface area contributed by atoms with Crippen LogP contribution in [0.5, 0.6) is 0 Å². The maximum atomic E-state index is 12.7. The summed E-state index contributed by atoms with van der Waals surface area (Å²) < 4.78 is 5.33. The Kier molecular flexibility index (Phi) is 7.53. The van der Waals surface area contributed by atoms with Crippen molar-refractivity contribution in [1.82, 2.24) is 10.6 Å². The Labute approximate surface area is 188 Å². The van der Waals surface area contributed by atoms with Crippen LogP contribution in [0, 0.1) is 0 Å². The molecule has 4 atom stereocenters. The molecule has 0 aromatic heterocycles. The van der Waals surface area contributed by atoms with Crippen LogP contribution in [0.15, 0.2) is 54.6 Å². The van der Waals surface area contributed by atoms with Crippen LogP contribution in [0.3, 0.4) is 0 Å². The maximum absolute atomic E-state index is 12.7. The molecule has 3 rings (SSSR count). The minimum Gasteiger partial charge on any atom is -0.444 e. The monoisotopic (exact) mass is 440 g/mol. The molecule has 2 amide bonds. The molecule has 2 aromatic carbocycles. The highest BCUT2D eigenvalue weighted by atomic mass is 16.6. The van der Waals surface area contributed by atoms with Gasteiger partial charge >= 0.3 is 6.09 Å². The van der Waals surface area contributed by atoms with Gasteiger partial charge in [0.15, 0.2) is 0 Å². The summed E-state index contributed by atoms with van der Waals surface area (Å²) in [6.45, 7) is 5.27. The number of alkyl carbamates (subject to hydrolysis) is 1. The zero-order valence-electron chi connectivity index (χ0n) is 18.7. The van der Waals surface area contributed by atoms with E-state index in [0.29, 0.717) is 12.8 Å². The molecule has 172 valence electrons. The van der Waals surface area contributed by atoms with Crippen molar-refractivity contribution >= 4 is 12.0 Å². The van der Waals surface area contributed by atoms with Gasteiger partial charge in [0.25, 0.3) is 0 Å². The van der Waals surface area contributed by atoms with Crippen molar-refractivity contribution in [2.24, 2.45) is 0 Å². The lowest BCUT2D eigenvalue weighted by molar-refractivity contribution is -0.125. The molecule has 1 aliphatic rings. The second kappa shape index (κ2) is 10.1. The zero-order valence-corrected chi connectivity index (χ0v) is 18.7. The Bertz CT molecular complexity index is 925. The van der Waals surface area contributed by atoms with Gasteiger partial charge in [-0.3, -0.25) is 4.79 Å². The highest BCUT2D eigenvalue weighted by Gasteiger charge is 2.33. The van der Waals surface area contributed by atoms with Crippen molar-refractivity contribution < 1.29 is 24.5 Å². The van der Waals surface area contributed by atoms with Crippen molar-refractivity contribution in [2.75, 3.05) is 0 Å². The number of carbonyl (C=O) groups excluding carboxylic acids is 2. The first-order valence-corrected chi connectivity index (χ1v) is 10.9. The molecule has 0 radical (unpaired) electrons. The maximum Gasteiger partial charge on any atom is 0.407 e. The van der Waals surface area contributed by atoms with Gasteiger partial charge in [-0.05, 0) is 43.9 Å². The van der Waals surface area contributed by atoms with Gasteiger partial charge in [-0.25, -0.2) is 4.79 Å². The van der Waals surface area contributed by atoms with E-state index in [2.05, 4.69) is 10.6 Å². The lowest BCUT2D eigenvalue weighted by atomic mass is 9.98. The minimum atomic E-state index is -1.14. The molecule has 0 aliphatic heterocycles. The van der Waals surface area contributed by atoms with Gasteiger partial charge in [0, 0.05) is 6.42 Å². The van der Waals surface area contributed by atoms with Crippen LogP contribution in [0.4, 0.5) is 4.79 Å². The molecular weight excluding hydrogens is 408 g/mol. The van der Waals surface area contributed by atoms with Crippen molar-refractivity contribution in [3.05, 3.63) is 71.3 Å². The lowest BCUT2D eigenvalue weighted by Crippen LogP contribution is -2.48. The van der Waals surface area contributed by atoms with Crippen molar-refractivity contribution in [3.63, 3.8) is 0 Å². The fraction of sp³-hybridized carbons (Fsp3) is 0.440. The number of benzene rings is 2. The number of carbonyl (C=O) groups is 2. The molecule has 32 heavy (non-hydrogen) atoms. The second-order valence-corrected chi connectivity index (χ2v) is 9.23. The van der Waals surface area contributed by atoms with E-state index in [1.54, 1.807) is 20.8 Å². The average molecular weight is 441 g/mol. The van der Waals surface area contributed by atoms with Crippen LogP contribution < -0.4 is 10.6 Å². The largest absolute Gasteiger partial charge is 0.444 e. The van der Waals surface area contributed by atoms with E-state index in [4.69, 9.17) is 4.74 Å². The van der Waals surface area contributed by atoms with E-state index < -0.39 is 41.9 Å². The first-order chi connectivity index (χ1) is 15.1. The minimum absolute atomic E-state index is 0.224. The number of aliphatic hydroxyl groups is 2. The quantitative estimate of drug-likeness (QED) is 0.529. The molecule has 0 fully saturated rings. The number of hydrogen-bond donors (Lipinski definition) is 4. The van der Waals surface area contributed by atoms with E-state index >= 15 is 0 Å². The van der Waals surface area contributed by atoms with Gasteiger partial charge in [0.2, 0.25) is 5.91 Å². The topological polar surface area (TPSA) is 108 Å². The number of hydrogen-bond acceptors (Lipinski definition) is 5. The Hall–Kier alpha value is -2.90. The molecule has 0 saturated carbocycles. The molecule has 0 spiro atoms. The Morgan fingerprint density at radius 2 is 1.75 bits per heavy atom. The third-order valence-electron chi connectivity index (χ3n) is 5.38. The number of nitrogens with one attached hydrogen (secondary N) is 2. The SMILES string of the molecule is CC(C)(C)OC(=O)N[C@@H](Cc1ccccc1)[C@@H](O)CC(=O)NC1c2ccccc2C[C@@H]1O. The smallest absolute Gasteiger partial charge is 0.407 e. The molecule has 1 unspecified atom stereocenters. The highest BCUT2D eigenvalue weighted by Crippen LogP contribution is 2.31. The summed E-state index contributed by atoms with van der Waals surface area (Å²) >= 11 is 0. The summed E-state index contributed by atoms with van der Waals surface area (Å²) in [5.74, 6) is -0.401. The van der Waals surface area contributed by atoms with E-state index in [1.807, 2.05) is 54.6 Å². The first kappa shape index (κ1) is 23.8. The standard InChI is InChI=1S/C25H32N2O5/c1-25(2,3)32-24(31)26-19(13-16-9-5-4-6-10-16)20(28)15-22(30)27-23-18-12-8-7-11-17(18)14-21(23)29/h4-12,19-21,23,28-29H,13-15H2,1-3H3,(H,26,31)(H,27,30)/t19-,20-,21-,23?/m0/s1. The van der Waals surface area contributed by atoms with Crippen molar-refractivity contribution in [1.29, 1.82) is 0 Å². The molecule has 1 aliphatic carbocycles. The molecular formula is C25H32N2O5. The molecule has 0 heterocycles. The third-order valence-corrected chi connectivity index (χ3v) is 5.38. The van der Waals surface area contributed by atoms with E-state index in [0.717, 1.165) is 16.7 Å². The summed E-state index contributed by atoms with van der Waals surface area (Å²) in [5, 5.41) is 26.7. The third kappa shape index (κ3) is 6.55. The lowest BCUT2D eigenvalue weighted by Gasteiger charge is -2.27. The van der Waals surface area contributed by atoms with Gasteiger partial charge in [0.1, 0.15) is 5.60 Å². The normalized spacial score (nSPS) is 19.5. The van der Waals surface area contributed by atoms with E-state index in [-0.39, 0.29) is 6.42 Å². The Morgan fingerprint density at radius 3 is 2.44 bits per heavy atom. The number of amides is 2. The molecule has 2 aromatic rings. The van der Waals surface area contributed by atoms with Gasteiger partial charge in [-0.15, -0.1) is 0 Å². The van der Waals surface area contributed by atoms with Gasteiger partial charge in [-0.2, -0.15) is 0 Å². The zero-order chi connectivity index (χ0) is 23.3. The molecule has 0 bridgehead atoms. The average Bonchev–Trinajstić information content (AvgIpc) is 3.02. The van der Waals surface area contributed by atoms with Gasteiger partial charge < -0.3 is 25.6 Å². The van der Waals surface area contributed by atoms with E-state index in [1.165, 1.54) is 0 Å². The van der Waals surface area contributed by atoms with Crippen LogP contribution >= 0.6 is 0 Å². The number of aliphatic hydroxyl groups excluding tert-OH is 2. The van der Waals surface area contributed by atoms with Crippen molar-refractivity contribution in [2.45, 2.75) is 69.9 Å². The summed E-state index contributed by atoms with van der Waals surface area (Å²) in [4.78, 5) is 25.0. The second-order valence-electron chi connectivity index (χ2n) is 9.23. The molecule has 4 N–H and O–H groups in total. The van der Waals surface area contributed by atoms with Crippen molar-refractivity contribution in [3.8, 4) is 0 Å². The first-order valence-electron chi connectivity index (χ1n) is 10.9. The van der Waals surface area contributed by atoms with E-state index in [9.17, 15) is 19.8 Å². The Balaban J connectivity index is 1.66. The number of ether oxygens (including phenoxy) is 1. The van der Waals surface area contributed by atoms with Crippen LogP contribution in [-0.2, 0) is 22.4 Å². The van der Waals surface area contributed by atoms with Gasteiger partial charge in [0.05, 0.1) is 30.7 Å². The summed E-state index contributed by atoms with van der Waals surface area (Å²) in [7, 11) is 0. The molecule has 7 nitrogen and oxygen atoms in total. The molecule has 7 heteroatoms. The number of fused-ring (bicyclic) bond motifs is 1. The summed E-state index contributed by atoms with van der Waals surface area (Å²) in [6, 6.07) is 15.8. The van der Waals surface area contributed by atoms with Gasteiger partial charge in [-0.1, -0.05) is 54.6 Å². The summed E-state index contributed by atoms with van der Waals surface area (Å²) in [5.41, 5.74) is 2.11. The predicted octanol–water partition coefficient (Wildman–Crippen LogP) is 2.65. The highest BCUT2D eigenvalue weighted by molar-refractivity contribution is 5.77. The fourth-order valence-electron chi connectivity index (χ4n) is 3.92. The fourth-order valence-corrected chi connectivity index (χ4v) is 3.92. The molecule has 0 saturated heterocycles. The van der Waals surface area contributed by atoms with Crippen LogP contribution in [-0.4, -0.2) is 46.1 Å². The predicted molar refractivity (Wildman–Crippen MR) is 121 cm³/mol. The van der Waals surface area contributed by atoms with Crippen LogP contribution in [0.2, 0.25) is 0 Å². The van der Waals surface area contributed by atoms with Crippen LogP contribution in [0.25, 0.3) is 0 Å². The Morgan fingerprint density at radius 1 is 1.09 bits per heavy atom.